The molecule has 0 bridgehead atoms. The number of nitriles is 1. The van der Waals surface area contributed by atoms with Gasteiger partial charge in [-0.2, -0.15) is 10.4 Å². The standard InChI is InChI=1S/C24H26N8OS/c1-2-20(32-15-19(14-29-32)23-22-6-7-26-24(22)28-17-27-23)16-30-8-10-31(11-9-30)34(33)21-5-3-4-18(12-21)13-25/h3-7,12,14-15,17,20H,2,8-11,16H2,1H3,(H,26,27,28). The number of aromatic amines is 1. The van der Waals surface area contributed by atoms with Gasteiger partial charge in [-0.25, -0.2) is 18.5 Å². The molecule has 1 aliphatic rings. The third-order valence-corrected chi connectivity index (χ3v) is 7.77. The summed E-state index contributed by atoms with van der Waals surface area (Å²) < 4.78 is 17.0. The lowest BCUT2D eigenvalue weighted by molar-refractivity contribution is 0.163. The first-order valence-electron chi connectivity index (χ1n) is 11.4. The Morgan fingerprint density at radius 2 is 2.06 bits per heavy atom. The van der Waals surface area contributed by atoms with Gasteiger partial charge in [-0.3, -0.25) is 9.58 Å². The molecule has 34 heavy (non-hydrogen) atoms. The number of nitrogens with zero attached hydrogens (tertiary/aromatic N) is 7. The highest BCUT2D eigenvalue weighted by Gasteiger charge is 2.25. The lowest BCUT2D eigenvalue weighted by atomic mass is 10.1. The van der Waals surface area contributed by atoms with Crippen molar-refractivity contribution in [3.8, 4) is 17.3 Å². The van der Waals surface area contributed by atoms with Crippen molar-refractivity contribution in [1.82, 2.24) is 33.9 Å². The van der Waals surface area contributed by atoms with Gasteiger partial charge < -0.3 is 4.98 Å². The van der Waals surface area contributed by atoms with Crippen molar-refractivity contribution in [2.24, 2.45) is 0 Å². The molecular formula is C24H26N8OS. The van der Waals surface area contributed by atoms with Crippen molar-refractivity contribution in [1.29, 1.82) is 5.26 Å². The van der Waals surface area contributed by atoms with Crippen LogP contribution in [0, 0.1) is 11.3 Å². The van der Waals surface area contributed by atoms with Gasteiger partial charge in [-0.05, 0) is 30.7 Å². The first-order valence-corrected chi connectivity index (χ1v) is 12.5. The predicted octanol–water partition coefficient (Wildman–Crippen LogP) is 2.98. The van der Waals surface area contributed by atoms with E-state index in [9.17, 15) is 4.21 Å². The Kier molecular flexibility index (Phi) is 6.49. The molecule has 174 valence electrons. The third-order valence-electron chi connectivity index (χ3n) is 6.27. The highest BCUT2D eigenvalue weighted by Crippen LogP contribution is 2.26. The van der Waals surface area contributed by atoms with E-state index in [1.165, 1.54) is 0 Å². The summed E-state index contributed by atoms with van der Waals surface area (Å²) in [6.07, 6.45) is 8.33. The zero-order valence-corrected chi connectivity index (χ0v) is 19.8. The van der Waals surface area contributed by atoms with E-state index in [1.54, 1.807) is 24.5 Å². The highest BCUT2D eigenvalue weighted by atomic mass is 32.2. The molecule has 10 heteroatoms. The van der Waals surface area contributed by atoms with Gasteiger partial charge in [0.25, 0.3) is 0 Å². The number of aromatic nitrogens is 5. The van der Waals surface area contributed by atoms with Gasteiger partial charge >= 0.3 is 0 Å². The van der Waals surface area contributed by atoms with Crippen LogP contribution in [0.2, 0.25) is 0 Å². The maximum absolute atomic E-state index is 13.0. The molecule has 1 aliphatic heterocycles. The summed E-state index contributed by atoms with van der Waals surface area (Å²) in [7, 11) is -1.25. The van der Waals surface area contributed by atoms with E-state index >= 15 is 0 Å². The molecule has 0 aliphatic carbocycles. The second-order valence-electron chi connectivity index (χ2n) is 8.35. The molecule has 5 rings (SSSR count). The van der Waals surface area contributed by atoms with Gasteiger partial charge in [-0.1, -0.05) is 13.0 Å². The van der Waals surface area contributed by atoms with Gasteiger partial charge in [0.15, 0.2) is 0 Å². The number of H-pyrrole nitrogens is 1. The Hall–Kier alpha value is -3.39. The Labute approximate surface area is 200 Å². The largest absolute Gasteiger partial charge is 0.346 e. The van der Waals surface area contributed by atoms with Crippen LogP contribution in [-0.4, -0.2) is 70.9 Å². The normalized spacial score (nSPS) is 16.9. The Balaban J connectivity index is 1.22. The lowest BCUT2D eigenvalue weighted by Crippen LogP contribution is -2.48. The molecule has 0 saturated carbocycles. The van der Waals surface area contributed by atoms with E-state index in [-0.39, 0.29) is 6.04 Å². The number of rotatable bonds is 7. The van der Waals surface area contributed by atoms with Crippen LogP contribution in [0.25, 0.3) is 22.3 Å². The molecular weight excluding hydrogens is 448 g/mol. The van der Waals surface area contributed by atoms with E-state index in [1.807, 2.05) is 33.5 Å². The molecule has 4 aromatic rings. The average molecular weight is 475 g/mol. The molecule has 1 saturated heterocycles. The van der Waals surface area contributed by atoms with Crippen LogP contribution < -0.4 is 0 Å². The fraction of sp³-hybridized carbons (Fsp3) is 0.333. The van der Waals surface area contributed by atoms with E-state index in [0.717, 1.165) is 61.4 Å². The summed E-state index contributed by atoms with van der Waals surface area (Å²) in [4.78, 5) is 15.0. The minimum absolute atomic E-state index is 0.238. The number of fused-ring (bicyclic) bond motifs is 1. The van der Waals surface area contributed by atoms with E-state index < -0.39 is 11.0 Å². The zero-order valence-electron chi connectivity index (χ0n) is 19.0. The van der Waals surface area contributed by atoms with Crippen molar-refractivity contribution < 1.29 is 4.21 Å². The van der Waals surface area contributed by atoms with Crippen molar-refractivity contribution in [2.45, 2.75) is 24.3 Å². The van der Waals surface area contributed by atoms with Crippen molar-refractivity contribution >= 4 is 22.0 Å². The second-order valence-corrected chi connectivity index (χ2v) is 9.84. The third kappa shape index (κ3) is 4.50. The summed E-state index contributed by atoms with van der Waals surface area (Å²) in [5.74, 6) is 0. The second kappa shape index (κ2) is 9.85. The maximum Gasteiger partial charge on any atom is 0.141 e. The molecule has 9 nitrogen and oxygen atoms in total. The number of hydrogen-bond donors (Lipinski definition) is 1. The molecule has 2 atom stereocenters. The first kappa shape index (κ1) is 22.4. The van der Waals surface area contributed by atoms with Crippen LogP contribution >= 0.6 is 0 Å². The SMILES string of the molecule is CCC(CN1CCN(S(=O)c2cccc(C#N)c2)CC1)n1cc(-c2ncnc3[nH]ccc23)cn1. The van der Waals surface area contributed by atoms with E-state index in [0.29, 0.717) is 10.5 Å². The summed E-state index contributed by atoms with van der Waals surface area (Å²) in [6.45, 7) is 6.17. The molecule has 0 spiro atoms. The lowest BCUT2D eigenvalue weighted by Gasteiger charge is -2.35. The van der Waals surface area contributed by atoms with Crippen LogP contribution in [0.3, 0.4) is 0 Å². The summed E-state index contributed by atoms with van der Waals surface area (Å²) in [5, 5.41) is 14.7. The van der Waals surface area contributed by atoms with Crippen molar-refractivity contribution in [3.05, 3.63) is 60.8 Å². The number of benzene rings is 1. The number of nitrogens with one attached hydrogen (secondary N) is 1. The molecule has 1 aromatic carbocycles. The topological polar surface area (TPSA) is 107 Å². The number of piperazine rings is 1. The van der Waals surface area contributed by atoms with Gasteiger partial charge in [0.2, 0.25) is 0 Å². The van der Waals surface area contributed by atoms with E-state index in [2.05, 4.69) is 44.1 Å². The minimum atomic E-state index is -1.25. The molecule has 0 radical (unpaired) electrons. The molecule has 1 fully saturated rings. The average Bonchev–Trinajstić information content (AvgIpc) is 3.57. The molecule has 4 heterocycles. The fourth-order valence-corrected chi connectivity index (χ4v) is 5.58. The van der Waals surface area contributed by atoms with Gasteiger partial charge in [0.1, 0.15) is 23.0 Å². The van der Waals surface area contributed by atoms with Crippen LogP contribution in [-0.2, 0) is 11.0 Å². The molecule has 3 aromatic heterocycles. The highest BCUT2D eigenvalue weighted by molar-refractivity contribution is 7.82. The monoisotopic (exact) mass is 474 g/mol. The summed E-state index contributed by atoms with van der Waals surface area (Å²) in [6, 6.07) is 11.4. The zero-order chi connectivity index (χ0) is 23.5. The predicted molar refractivity (Wildman–Crippen MR) is 130 cm³/mol. The van der Waals surface area contributed by atoms with Crippen LogP contribution in [0.4, 0.5) is 0 Å². The Morgan fingerprint density at radius 1 is 1.21 bits per heavy atom. The van der Waals surface area contributed by atoms with Crippen LogP contribution in [0.5, 0.6) is 0 Å². The van der Waals surface area contributed by atoms with Gasteiger partial charge in [0, 0.05) is 56.1 Å². The smallest absolute Gasteiger partial charge is 0.141 e. The maximum atomic E-state index is 13.0. The molecule has 2 unspecified atom stereocenters. The fourth-order valence-electron chi connectivity index (χ4n) is 4.36. The quantitative estimate of drug-likeness (QED) is 0.441. The van der Waals surface area contributed by atoms with Gasteiger partial charge in [0.05, 0.1) is 34.5 Å². The van der Waals surface area contributed by atoms with E-state index in [4.69, 9.17) is 5.26 Å². The van der Waals surface area contributed by atoms with Crippen molar-refractivity contribution in [2.75, 3.05) is 32.7 Å². The molecule has 1 N–H and O–H groups in total. The Bertz CT molecular complexity index is 1350. The van der Waals surface area contributed by atoms with Crippen LogP contribution in [0.15, 0.2) is 60.1 Å². The Morgan fingerprint density at radius 3 is 2.85 bits per heavy atom. The minimum Gasteiger partial charge on any atom is -0.346 e. The molecule has 0 amide bonds. The van der Waals surface area contributed by atoms with Gasteiger partial charge in [-0.15, -0.1) is 0 Å². The first-order chi connectivity index (χ1) is 16.7. The van der Waals surface area contributed by atoms with Crippen LogP contribution in [0.1, 0.15) is 24.9 Å². The number of hydrogen-bond acceptors (Lipinski definition) is 6. The summed E-state index contributed by atoms with van der Waals surface area (Å²) >= 11 is 0. The van der Waals surface area contributed by atoms with Crippen molar-refractivity contribution in [3.63, 3.8) is 0 Å². The summed E-state index contributed by atoms with van der Waals surface area (Å²) in [5.41, 5.74) is 3.21.